The molecule has 2 aliphatic rings. The number of aromatic nitrogens is 2. The Labute approximate surface area is 120 Å². The Morgan fingerprint density at radius 3 is 2.75 bits per heavy atom. The average Bonchev–Trinajstić information content (AvgIpc) is 3.18. The zero-order chi connectivity index (χ0) is 13.5. The van der Waals surface area contributed by atoms with E-state index in [0.29, 0.717) is 5.92 Å². The number of amides is 1. The van der Waals surface area contributed by atoms with E-state index in [0.717, 1.165) is 31.3 Å². The van der Waals surface area contributed by atoms with Crippen LogP contribution in [0.3, 0.4) is 0 Å². The first-order valence-electron chi connectivity index (χ1n) is 6.68. The largest absolute Gasteiger partial charge is 0.340 e. The summed E-state index contributed by atoms with van der Waals surface area (Å²) in [6.07, 6.45) is 3.49. The van der Waals surface area contributed by atoms with E-state index in [2.05, 4.69) is 14.9 Å². The molecule has 2 saturated heterocycles. The van der Waals surface area contributed by atoms with Crippen molar-refractivity contribution in [2.24, 2.45) is 11.8 Å². The summed E-state index contributed by atoms with van der Waals surface area (Å²) in [5.74, 6) is 1.44. The zero-order valence-electron chi connectivity index (χ0n) is 10.8. The van der Waals surface area contributed by atoms with E-state index in [1.54, 1.807) is 23.7 Å². The summed E-state index contributed by atoms with van der Waals surface area (Å²) in [7, 11) is 0. The van der Waals surface area contributed by atoms with Gasteiger partial charge in [-0.15, -0.1) is 0 Å². The molecular weight excluding hydrogens is 272 g/mol. The summed E-state index contributed by atoms with van der Waals surface area (Å²) in [6.45, 7) is 2.40. The maximum Gasteiger partial charge on any atom is 0.232 e. The van der Waals surface area contributed by atoms with Crippen LogP contribution in [0.5, 0.6) is 0 Å². The van der Waals surface area contributed by atoms with E-state index in [9.17, 15) is 4.79 Å². The van der Waals surface area contributed by atoms with Crippen LogP contribution in [0.15, 0.2) is 35.3 Å². The molecule has 2 aliphatic heterocycles. The van der Waals surface area contributed by atoms with Gasteiger partial charge >= 0.3 is 0 Å². The Kier molecular flexibility index (Phi) is 2.70. The van der Waals surface area contributed by atoms with Crippen molar-refractivity contribution in [3.63, 3.8) is 0 Å². The van der Waals surface area contributed by atoms with Crippen molar-refractivity contribution in [3.05, 3.63) is 35.3 Å². The summed E-state index contributed by atoms with van der Waals surface area (Å²) in [4.78, 5) is 25.1. The van der Waals surface area contributed by atoms with E-state index >= 15 is 0 Å². The Hall–Kier alpha value is -1.95. The Morgan fingerprint density at radius 1 is 1.20 bits per heavy atom. The maximum absolute atomic E-state index is 12.5. The molecule has 2 atom stereocenters. The van der Waals surface area contributed by atoms with Crippen LogP contribution >= 0.6 is 11.3 Å². The topological polar surface area (TPSA) is 49.3 Å². The second-order valence-corrected chi connectivity index (χ2v) is 6.03. The lowest BCUT2D eigenvalue weighted by Crippen LogP contribution is -2.33. The van der Waals surface area contributed by atoms with Gasteiger partial charge in [0.05, 0.1) is 11.6 Å². The van der Waals surface area contributed by atoms with Gasteiger partial charge in [-0.25, -0.2) is 9.97 Å². The quantitative estimate of drug-likeness (QED) is 0.842. The van der Waals surface area contributed by atoms with Gasteiger partial charge in [0.25, 0.3) is 0 Å². The summed E-state index contributed by atoms with van der Waals surface area (Å²) in [5, 5.41) is 4.05. The predicted octanol–water partition coefficient (Wildman–Crippen LogP) is 1.64. The molecule has 20 heavy (non-hydrogen) atoms. The van der Waals surface area contributed by atoms with Crippen LogP contribution in [0.1, 0.15) is 0 Å². The Balaban J connectivity index is 1.53. The third-order valence-electron chi connectivity index (χ3n) is 4.09. The van der Waals surface area contributed by atoms with E-state index in [4.69, 9.17) is 0 Å². The molecular formula is C14H14N4OS. The summed E-state index contributed by atoms with van der Waals surface area (Å²) in [5.41, 5.74) is 1.04. The second-order valence-electron chi connectivity index (χ2n) is 5.25. The standard InChI is InChI=1S/C14H14N4OS/c19-13-12-8-17(14-15-3-1-4-16-14)6-10(12)7-18(13)11-2-5-20-9-11/h1-5,9-10,12H,6-8H2/t10-,12-/m0/s1. The summed E-state index contributed by atoms with van der Waals surface area (Å²) >= 11 is 1.63. The van der Waals surface area contributed by atoms with E-state index in [1.807, 2.05) is 27.8 Å². The number of carbonyl (C=O) groups excluding carboxylic acids is 1. The molecule has 0 aliphatic carbocycles. The first-order chi connectivity index (χ1) is 9.83. The van der Waals surface area contributed by atoms with Crippen LogP contribution < -0.4 is 9.80 Å². The van der Waals surface area contributed by atoms with Crippen molar-refractivity contribution in [2.75, 3.05) is 29.4 Å². The molecule has 0 bridgehead atoms. The molecule has 5 nitrogen and oxygen atoms in total. The molecule has 0 radical (unpaired) electrons. The highest BCUT2D eigenvalue weighted by molar-refractivity contribution is 7.08. The molecule has 0 unspecified atom stereocenters. The monoisotopic (exact) mass is 286 g/mol. The van der Waals surface area contributed by atoms with Crippen molar-refractivity contribution >= 4 is 28.9 Å². The normalized spacial score (nSPS) is 25.3. The van der Waals surface area contributed by atoms with Gasteiger partial charge in [0.15, 0.2) is 0 Å². The number of nitrogens with zero attached hydrogens (tertiary/aromatic N) is 4. The van der Waals surface area contributed by atoms with Crippen molar-refractivity contribution < 1.29 is 4.79 Å². The molecule has 2 aromatic rings. The fourth-order valence-corrected chi connectivity index (χ4v) is 3.76. The minimum atomic E-state index is 0.0821. The number of hydrogen-bond donors (Lipinski definition) is 0. The number of carbonyl (C=O) groups is 1. The van der Waals surface area contributed by atoms with Crippen LogP contribution in [-0.4, -0.2) is 35.5 Å². The van der Waals surface area contributed by atoms with Crippen LogP contribution in [0.2, 0.25) is 0 Å². The molecule has 2 aromatic heterocycles. The molecule has 0 saturated carbocycles. The maximum atomic E-state index is 12.5. The smallest absolute Gasteiger partial charge is 0.232 e. The highest BCUT2D eigenvalue weighted by Gasteiger charge is 2.47. The highest BCUT2D eigenvalue weighted by Crippen LogP contribution is 2.36. The number of rotatable bonds is 2. The van der Waals surface area contributed by atoms with Crippen LogP contribution in [0.25, 0.3) is 0 Å². The van der Waals surface area contributed by atoms with Crippen molar-refractivity contribution in [1.29, 1.82) is 0 Å². The molecule has 102 valence electrons. The molecule has 0 N–H and O–H groups in total. The summed E-state index contributed by atoms with van der Waals surface area (Å²) < 4.78 is 0. The Bertz CT molecular complexity index is 615. The fourth-order valence-electron chi connectivity index (χ4n) is 3.12. The van der Waals surface area contributed by atoms with Gasteiger partial charge in [-0.1, -0.05) is 0 Å². The highest BCUT2D eigenvalue weighted by atomic mass is 32.1. The van der Waals surface area contributed by atoms with Gasteiger partial charge in [0, 0.05) is 43.3 Å². The van der Waals surface area contributed by atoms with Crippen molar-refractivity contribution in [1.82, 2.24) is 9.97 Å². The number of thiophene rings is 1. The van der Waals surface area contributed by atoms with Gasteiger partial charge in [0.2, 0.25) is 11.9 Å². The van der Waals surface area contributed by atoms with Crippen molar-refractivity contribution in [3.8, 4) is 0 Å². The number of fused-ring (bicyclic) bond motifs is 1. The SMILES string of the molecule is O=C1[C@H]2CN(c3ncccn3)C[C@H]2CN1c1ccsc1. The lowest BCUT2D eigenvalue weighted by molar-refractivity contribution is -0.120. The minimum absolute atomic E-state index is 0.0821. The first kappa shape index (κ1) is 11.8. The molecule has 2 fully saturated rings. The third kappa shape index (κ3) is 1.79. The van der Waals surface area contributed by atoms with E-state index in [-0.39, 0.29) is 11.8 Å². The predicted molar refractivity (Wildman–Crippen MR) is 77.9 cm³/mol. The van der Waals surface area contributed by atoms with E-state index < -0.39 is 0 Å². The second kappa shape index (κ2) is 4.56. The van der Waals surface area contributed by atoms with Gasteiger partial charge in [-0.3, -0.25) is 4.79 Å². The van der Waals surface area contributed by atoms with Gasteiger partial charge < -0.3 is 9.80 Å². The van der Waals surface area contributed by atoms with Crippen LogP contribution in [0, 0.1) is 11.8 Å². The molecule has 4 heterocycles. The molecule has 0 aromatic carbocycles. The lowest BCUT2D eigenvalue weighted by atomic mass is 10.0. The van der Waals surface area contributed by atoms with Gasteiger partial charge in [0.1, 0.15) is 0 Å². The van der Waals surface area contributed by atoms with Gasteiger partial charge in [-0.2, -0.15) is 11.3 Å². The third-order valence-corrected chi connectivity index (χ3v) is 4.76. The molecule has 6 heteroatoms. The minimum Gasteiger partial charge on any atom is -0.340 e. The molecule has 1 amide bonds. The van der Waals surface area contributed by atoms with Crippen LogP contribution in [-0.2, 0) is 4.79 Å². The number of anilines is 2. The van der Waals surface area contributed by atoms with Crippen molar-refractivity contribution in [2.45, 2.75) is 0 Å². The average molecular weight is 286 g/mol. The lowest BCUT2D eigenvalue weighted by Gasteiger charge is -2.20. The first-order valence-corrected chi connectivity index (χ1v) is 7.63. The Morgan fingerprint density at radius 2 is 2.05 bits per heavy atom. The summed E-state index contributed by atoms with van der Waals surface area (Å²) in [6, 6.07) is 3.82. The molecule has 0 spiro atoms. The fraction of sp³-hybridized carbons (Fsp3) is 0.357. The number of hydrogen-bond acceptors (Lipinski definition) is 5. The van der Waals surface area contributed by atoms with Gasteiger partial charge in [-0.05, 0) is 17.5 Å². The van der Waals surface area contributed by atoms with E-state index in [1.165, 1.54) is 0 Å². The van der Waals surface area contributed by atoms with Crippen LogP contribution in [0.4, 0.5) is 11.6 Å². The zero-order valence-corrected chi connectivity index (χ0v) is 11.7. The molecule has 4 rings (SSSR count).